The van der Waals surface area contributed by atoms with E-state index in [2.05, 4.69) is 10.3 Å². The average molecular weight is 459 g/mol. The van der Waals surface area contributed by atoms with Crippen LogP contribution in [0, 0.1) is 0 Å². The van der Waals surface area contributed by atoms with Crippen molar-refractivity contribution in [2.24, 2.45) is 0 Å². The van der Waals surface area contributed by atoms with Crippen LogP contribution in [0.3, 0.4) is 0 Å². The molecule has 0 saturated heterocycles. The fourth-order valence-electron chi connectivity index (χ4n) is 3.50. The molecule has 0 bridgehead atoms. The molecule has 0 radical (unpaired) electrons. The first-order valence-corrected chi connectivity index (χ1v) is 10.4. The number of benzene rings is 3. The lowest BCUT2D eigenvalue weighted by Gasteiger charge is -2.11. The molecule has 0 atom stereocenters. The molecular formula is C27H20F3N3O. The van der Waals surface area contributed by atoms with Gasteiger partial charge in [-0.3, -0.25) is 9.78 Å². The number of allylic oxidation sites excluding steroid dienone is 2. The summed E-state index contributed by atoms with van der Waals surface area (Å²) in [5.74, 6) is -0.343. The molecule has 3 aromatic carbocycles. The molecule has 0 saturated carbocycles. The van der Waals surface area contributed by atoms with Gasteiger partial charge in [-0.1, -0.05) is 48.6 Å². The number of halogens is 3. The maximum absolute atomic E-state index is 13.0. The fraction of sp³-hybridized carbons (Fsp3) is 0.0370. The summed E-state index contributed by atoms with van der Waals surface area (Å²) in [6.45, 7) is 0. The van der Waals surface area contributed by atoms with Gasteiger partial charge < -0.3 is 11.1 Å². The minimum atomic E-state index is -4.42. The number of amides is 1. The van der Waals surface area contributed by atoms with E-state index in [4.69, 9.17) is 5.73 Å². The van der Waals surface area contributed by atoms with Gasteiger partial charge in [-0.05, 0) is 53.1 Å². The number of alkyl halides is 3. The average Bonchev–Trinajstić information content (AvgIpc) is 2.82. The molecule has 0 aliphatic carbocycles. The lowest BCUT2D eigenvalue weighted by molar-refractivity contribution is -0.137. The second-order valence-corrected chi connectivity index (χ2v) is 7.53. The molecule has 170 valence electrons. The number of nitrogen functional groups attached to an aromatic ring is 1. The Morgan fingerprint density at radius 3 is 2.26 bits per heavy atom. The first-order valence-electron chi connectivity index (χ1n) is 10.4. The van der Waals surface area contributed by atoms with Crippen LogP contribution in [-0.2, 0) is 11.0 Å². The van der Waals surface area contributed by atoms with Crippen LogP contribution >= 0.6 is 0 Å². The maximum Gasteiger partial charge on any atom is 0.416 e. The molecule has 4 aromatic rings. The van der Waals surface area contributed by atoms with Gasteiger partial charge in [0.25, 0.3) is 0 Å². The van der Waals surface area contributed by atoms with Crippen LogP contribution in [0.15, 0.2) is 103 Å². The maximum atomic E-state index is 13.0. The van der Waals surface area contributed by atoms with Crippen LogP contribution in [0.2, 0.25) is 0 Å². The van der Waals surface area contributed by atoms with E-state index in [0.29, 0.717) is 22.5 Å². The monoisotopic (exact) mass is 459 g/mol. The van der Waals surface area contributed by atoms with E-state index < -0.39 is 11.7 Å². The summed E-state index contributed by atoms with van der Waals surface area (Å²) in [4.78, 5) is 16.6. The van der Waals surface area contributed by atoms with Gasteiger partial charge >= 0.3 is 6.18 Å². The molecule has 4 nitrogen and oxygen atoms in total. The highest BCUT2D eigenvalue weighted by atomic mass is 19.4. The highest BCUT2D eigenvalue weighted by Crippen LogP contribution is 2.31. The van der Waals surface area contributed by atoms with Crippen LogP contribution in [0.25, 0.3) is 16.3 Å². The third-order valence-electron chi connectivity index (χ3n) is 5.19. The Morgan fingerprint density at radius 2 is 1.59 bits per heavy atom. The number of aromatic nitrogens is 1. The molecule has 0 aliphatic rings. The number of nitrogens with two attached hydrogens (primary N) is 1. The van der Waals surface area contributed by atoms with Gasteiger partial charge in [0, 0.05) is 40.6 Å². The number of hydrogen-bond acceptors (Lipinski definition) is 3. The van der Waals surface area contributed by atoms with Crippen molar-refractivity contribution in [1.29, 1.82) is 0 Å². The Bertz CT molecular complexity index is 1370. The standard InChI is InChI=1S/C27H20F3N3O/c28-27(29,30)21-11-7-18(8-12-21)23(19-9-13-22(31)14-10-19)4-2-6-26(34)33-25-5-1-3-20-17-32-16-15-24(20)25/h1-17H,31H2,(H,33,34)/b6-2+,23-4+. The minimum absolute atomic E-state index is 0.343. The Hall–Kier alpha value is -4.39. The first kappa shape index (κ1) is 22.8. The van der Waals surface area contributed by atoms with Gasteiger partial charge in [0.15, 0.2) is 0 Å². The molecular weight excluding hydrogens is 439 g/mol. The largest absolute Gasteiger partial charge is 0.416 e. The van der Waals surface area contributed by atoms with E-state index in [-0.39, 0.29) is 5.91 Å². The van der Waals surface area contributed by atoms with Crippen molar-refractivity contribution in [3.63, 3.8) is 0 Å². The van der Waals surface area contributed by atoms with Crippen LogP contribution in [0.4, 0.5) is 24.5 Å². The van der Waals surface area contributed by atoms with Crippen molar-refractivity contribution in [2.45, 2.75) is 6.18 Å². The van der Waals surface area contributed by atoms with Crippen LogP contribution in [0.1, 0.15) is 16.7 Å². The number of nitrogens with one attached hydrogen (secondary N) is 1. The SMILES string of the molecule is Nc1ccc(/C(=C/C=C/C(=O)Nc2cccc3cnccc23)c2ccc(C(F)(F)F)cc2)cc1. The molecule has 3 N–H and O–H groups in total. The van der Waals surface area contributed by atoms with Crippen molar-refractivity contribution in [1.82, 2.24) is 4.98 Å². The van der Waals surface area contributed by atoms with E-state index in [1.165, 1.54) is 18.2 Å². The predicted molar refractivity (Wildman–Crippen MR) is 129 cm³/mol. The smallest absolute Gasteiger partial charge is 0.399 e. The molecule has 1 amide bonds. The Balaban J connectivity index is 1.61. The summed E-state index contributed by atoms with van der Waals surface area (Å²) in [6, 6.07) is 19.2. The van der Waals surface area contributed by atoms with Crippen molar-refractivity contribution < 1.29 is 18.0 Å². The van der Waals surface area contributed by atoms with E-state index >= 15 is 0 Å². The molecule has 4 rings (SSSR count). The Kier molecular flexibility index (Phi) is 6.45. The van der Waals surface area contributed by atoms with E-state index in [0.717, 1.165) is 28.5 Å². The molecule has 0 aliphatic heterocycles. The summed E-state index contributed by atoms with van der Waals surface area (Å²) in [7, 11) is 0. The number of fused-ring (bicyclic) bond motifs is 1. The van der Waals surface area contributed by atoms with Crippen LogP contribution < -0.4 is 11.1 Å². The summed E-state index contributed by atoms with van der Waals surface area (Å²) in [5, 5.41) is 4.61. The lowest BCUT2D eigenvalue weighted by atomic mass is 9.96. The van der Waals surface area contributed by atoms with Gasteiger partial charge in [0.2, 0.25) is 5.91 Å². The summed E-state index contributed by atoms with van der Waals surface area (Å²) < 4.78 is 38.9. The van der Waals surface area contributed by atoms with Gasteiger partial charge in [-0.2, -0.15) is 13.2 Å². The van der Waals surface area contributed by atoms with Crippen LogP contribution in [0.5, 0.6) is 0 Å². The third-order valence-corrected chi connectivity index (χ3v) is 5.19. The molecule has 0 unspecified atom stereocenters. The highest BCUT2D eigenvalue weighted by molar-refractivity contribution is 6.06. The topological polar surface area (TPSA) is 68.0 Å². The number of carbonyl (C=O) groups excluding carboxylic acids is 1. The predicted octanol–water partition coefficient (Wildman–Crippen LogP) is 6.46. The second kappa shape index (κ2) is 9.62. The van der Waals surface area contributed by atoms with E-state index in [9.17, 15) is 18.0 Å². The summed E-state index contributed by atoms with van der Waals surface area (Å²) in [6.07, 6.45) is 3.55. The molecule has 1 aromatic heterocycles. The van der Waals surface area contributed by atoms with Gasteiger partial charge in [0.1, 0.15) is 0 Å². The molecule has 1 heterocycles. The van der Waals surface area contributed by atoms with Gasteiger partial charge in [0.05, 0.1) is 5.56 Å². The number of hydrogen-bond donors (Lipinski definition) is 2. The molecule has 7 heteroatoms. The van der Waals surface area contributed by atoms with Crippen molar-refractivity contribution in [3.8, 4) is 0 Å². The zero-order valence-corrected chi connectivity index (χ0v) is 17.9. The van der Waals surface area contributed by atoms with Crippen molar-refractivity contribution >= 4 is 33.6 Å². The van der Waals surface area contributed by atoms with Crippen molar-refractivity contribution in [2.75, 3.05) is 11.1 Å². The first-order chi connectivity index (χ1) is 16.3. The highest BCUT2D eigenvalue weighted by Gasteiger charge is 2.30. The number of pyridine rings is 1. The van der Waals surface area contributed by atoms with Gasteiger partial charge in [-0.25, -0.2) is 0 Å². The fourth-order valence-corrected chi connectivity index (χ4v) is 3.50. The van der Waals surface area contributed by atoms with Crippen LogP contribution in [-0.4, -0.2) is 10.9 Å². The zero-order valence-electron chi connectivity index (χ0n) is 17.9. The van der Waals surface area contributed by atoms with Crippen molar-refractivity contribution in [3.05, 3.63) is 120 Å². The number of nitrogens with zero attached hydrogens (tertiary/aromatic N) is 1. The Labute approximate surface area is 194 Å². The summed E-state index contributed by atoms with van der Waals surface area (Å²) in [5.41, 5.74) is 8.23. The quantitative estimate of drug-likeness (QED) is 0.204. The van der Waals surface area contributed by atoms with E-state index in [1.54, 1.807) is 54.9 Å². The summed E-state index contributed by atoms with van der Waals surface area (Å²) >= 11 is 0. The van der Waals surface area contributed by atoms with E-state index in [1.807, 2.05) is 18.2 Å². The Morgan fingerprint density at radius 1 is 0.912 bits per heavy atom. The number of anilines is 2. The molecule has 34 heavy (non-hydrogen) atoms. The minimum Gasteiger partial charge on any atom is -0.399 e. The second-order valence-electron chi connectivity index (χ2n) is 7.53. The molecule has 0 fully saturated rings. The number of rotatable bonds is 5. The lowest BCUT2D eigenvalue weighted by Crippen LogP contribution is -2.08. The van der Waals surface area contributed by atoms with Gasteiger partial charge in [-0.15, -0.1) is 0 Å². The number of carbonyl (C=O) groups is 1. The molecule has 0 spiro atoms. The zero-order chi connectivity index (χ0) is 24.1. The normalized spacial score (nSPS) is 12.3. The third kappa shape index (κ3) is 5.32.